The number of aliphatic imine (C=N–C) groups is 1. The molecule has 1 amide bonds. The molecule has 2 heterocycles. The molecule has 2 aliphatic heterocycles. The third-order valence-corrected chi connectivity index (χ3v) is 6.04. The first-order valence-electron chi connectivity index (χ1n) is 8.50. The Bertz CT molecular complexity index is 1070. The number of esters is 1. The Kier molecular flexibility index (Phi) is 5.33. The van der Waals surface area contributed by atoms with Crippen LogP contribution in [0.1, 0.15) is 15.9 Å². The monoisotopic (exact) mass is 474 g/mol. The van der Waals surface area contributed by atoms with Crippen LogP contribution in [0.2, 0.25) is 0 Å². The maximum absolute atomic E-state index is 12.7. The molecular weight excluding hydrogens is 460 g/mol. The van der Waals surface area contributed by atoms with E-state index in [0.29, 0.717) is 32.8 Å². The maximum Gasteiger partial charge on any atom is 0.337 e. The van der Waals surface area contributed by atoms with Crippen LogP contribution in [0.4, 0.5) is 5.69 Å². The minimum atomic E-state index is -0.411. The third-order valence-electron chi connectivity index (χ3n) is 4.30. The van der Waals surface area contributed by atoms with Gasteiger partial charge in [0.05, 0.1) is 23.3 Å². The van der Waals surface area contributed by atoms with Gasteiger partial charge in [-0.05, 0) is 59.8 Å². The molecule has 0 N–H and O–H groups in total. The van der Waals surface area contributed by atoms with Gasteiger partial charge in [0.1, 0.15) is 0 Å². The van der Waals surface area contributed by atoms with Crippen molar-refractivity contribution in [1.82, 2.24) is 4.90 Å². The fraction of sp³-hybridized carbons (Fsp3) is 0.150. The van der Waals surface area contributed by atoms with Gasteiger partial charge in [0.25, 0.3) is 5.91 Å². The minimum absolute atomic E-state index is 0.149. The van der Waals surface area contributed by atoms with E-state index in [9.17, 15) is 9.59 Å². The molecule has 0 atom stereocenters. The minimum Gasteiger partial charge on any atom is -0.465 e. The van der Waals surface area contributed by atoms with Crippen molar-refractivity contribution in [1.29, 1.82) is 0 Å². The first-order chi connectivity index (χ1) is 14.0. The van der Waals surface area contributed by atoms with Crippen molar-refractivity contribution >= 4 is 56.5 Å². The van der Waals surface area contributed by atoms with E-state index in [1.807, 2.05) is 12.1 Å². The van der Waals surface area contributed by atoms with E-state index < -0.39 is 5.97 Å². The van der Waals surface area contributed by atoms with Gasteiger partial charge in [-0.2, -0.15) is 0 Å². The van der Waals surface area contributed by atoms with Gasteiger partial charge < -0.3 is 14.2 Å². The van der Waals surface area contributed by atoms with E-state index in [-0.39, 0.29) is 12.7 Å². The van der Waals surface area contributed by atoms with E-state index in [1.165, 1.54) is 23.8 Å². The largest absolute Gasteiger partial charge is 0.465 e. The highest BCUT2D eigenvalue weighted by molar-refractivity contribution is 9.10. The lowest BCUT2D eigenvalue weighted by Gasteiger charge is -2.07. The van der Waals surface area contributed by atoms with Gasteiger partial charge in [0, 0.05) is 11.5 Å². The van der Waals surface area contributed by atoms with Gasteiger partial charge in [0.2, 0.25) is 6.79 Å². The second kappa shape index (κ2) is 7.92. The topological polar surface area (TPSA) is 77.4 Å². The predicted octanol–water partition coefficient (Wildman–Crippen LogP) is 4.20. The summed E-state index contributed by atoms with van der Waals surface area (Å²) in [4.78, 5) is 30.8. The van der Waals surface area contributed by atoms with Crippen LogP contribution in [-0.2, 0) is 9.53 Å². The Morgan fingerprint density at radius 1 is 1.24 bits per heavy atom. The number of ether oxygens (including phenoxy) is 3. The van der Waals surface area contributed by atoms with Gasteiger partial charge in [-0.15, -0.1) is 0 Å². The number of thioether (sulfide) groups is 1. The molecule has 0 aromatic heterocycles. The van der Waals surface area contributed by atoms with E-state index in [2.05, 4.69) is 25.7 Å². The normalized spacial score (nSPS) is 18.0. The van der Waals surface area contributed by atoms with Crippen LogP contribution < -0.4 is 9.47 Å². The maximum atomic E-state index is 12.7. The molecule has 0 unspecified atom stereocenters. The van der Waals surface area contributed by atoms with Crippen LogP contribution in [0.25, 0.3) is 6.08 Å². The highest BCUT2D eigenvalue weighted by Gasteiger charge is 2.31. The molecule has 1 saturated heterocycles. The standard InChI is InChI=1S/C20H15BrN2O5S/c1-23-18(24)17(8-12-7-15-16(9-14(12)21)28-10-27-15)29-20(23)22-13-5-3-11(4-6-13)19(25)26-2/h3-9H,10H2,1-2H3. The Hall–Kier alpha value is -2.78. The van der Waals surface area contributed by atoms with Gasteiger partial charge in [0.15, 0.2) is 16.7 Å². The molecule has 0 spiro atoms. The lowest BCUT2D eigenvalue weighted by molar-refractivity contribution is -0.121. The second-order valence-corrected chi connectivity index (χ2v) is 8.00. The molecule has 29 heavy (non-hydrogen) atoms. The molecule has 0 saturated carbocycles. The SMILES string of the molecule is COC(=O)c1ccc(N=C2SC(=Cc3cc4c(cc3Br)OCO4)C(=O)N2C)cc1. The third kappa shape index (κ3) is 3.88. The van der Waals surface area contributed by atoms with Crippen LogP contribution in [-0.4, -0.2) is 42.9 Å². The number of hydrogen-bond acceptors (Lipinski definition) is 7. The van der Waals surface area contributed by atoms with E-state index in [4.69, 9.17) is 9.47 Å². The van der Waals surface area contributed by atoms with Crippen LogP contribution >= 0.6 is 27.7 Å². The summed E-state index contributed by atoms with van der Waals surface area (Å²) in [6.45, 7) is 0.184. The summed E-state index contributed by atoms with van der Waals surface area (Å²) in [6.07, 6.45) is 1.79. The predicted molar refractivity (Wildman–Crippen MR) is 113 cm³/mol. The van der Waals surface area contributed by atoms with Crippen molar-refractivity contribution in [3.63, 3.8) is 0 Å². The van der Waals surface area contributed by atoms with Crippen LogP contribution in [0, 0.1) is 0 Å². The molecule has 148 valence electrons. The van der Waals surface area contributed by atoms with Crippen molar-refractivity contribution in [3.05, 3.63) is 56.9 Å². The molecule has 2 aromatic carbocycles. The Morgan fingerprint density at radius 2 is 1.93 bits per heavy atom. The Balaban J connectivity index is 1.60. The van der Waals surface area contributed by atoms with Crippen molar-refractivity contribution in [2.45, 2.75) is 0 Å². The zero-order valence-electron chi connectivity index (χ0n) is 15.5. The molecule has 0 radical (unpaired) electrons. The Labute approximate surface area is 179 Å². The summed E-state index contributed by atoms with van der Waals surface area (Å²) in [6, 6.07) is 10.3. The number of carbonyl (C=O) groups excluding carboxylic acids is 2. The summed E-state index contributed by atoms with van der Waals surface area (Å²) in [5, 5.41) is 0.545. The summed E-state index contributed by atoms with van der Waals surface area (Å²) in [5.41, 5.74) is 1.88. The van der Waals surface area contributed by atoms with E-state index >= 15 is 0 Å². The van der Waals surface area contributed by atoms with Crippen molar-refractivity contribution in [2.24, 2.45) is 4.99 Å². The number of amidine groups is 1. The van der Waals surface area contributed by atoms with Gasteiger partial charge >= 0.3 is 5.97 Å². The van der Waals surface area contributed by atoms with Crippen molar-refractivity contribution in [2.75, 3.05) is 21.0 Å². The van der Waals surface area contributed by atoms with Crippen LogP contribution in [0.5, 0.6) is 11.5 Å². The molecule has 0 aliphatic carbocycles. The quantitative estimate of drug-likeness (QED) is 0.490. The first kappa shape index (κ1) is 19.5. The number of carbonyl (C=O) groups is 2. The summed E-state index contributed by atoms with van der Waals surface area (Å²) >= 11 is 4.78. The van der Waals surface area contributed by atoms with Gasteiger partial charge in [-0.1, -0.05) is 15.9 Å². The van der Waals surface area contributed by atoms with Crippen LogP contribution in [0.3, 0.4) is 0 Å². The van der Waals surface area contributed by atoms with E-state index in [0.717, 1.165) is 10.0 Å². The average Bonchev–Trinajstić information content (AvgIpc) is 3.28. The number of nitrogens with zero attached hydrogens (tertiary/aromatic N) is 2. The fourth-order valence-electron chi connectivity index (χ4n) is 2.74. The molecule has 2 aromatic rings. The van der Waals surface area contributed by atoms with Crippen molar-refractivity contribution < 1.29 is 23.8 Å². The van der Waals surface area contributed by atoms with Crippen molar-refractivity contribution in [3.8, 4) is 11.5 Å². The number of methoxy groups -OCH3 is 1. The number of likely N-dealkylation sites (N-methyl/N-ethyl adjacent to an activating group) is 1. The average molecular weight is 475 g/mol. The molecular formula is C20H15BrN2O5S. The molecule has 4 rings (SSSR count). The molecule has 9 heteroatoms. The first-order valence-corrected chi connectivity index (χ1v) is 10.1. The smallest absolute Gasteiger partial charge is 0.337 e. The lowest BCUT2D eigenvalue weighted by atomic mass is 10.2. The number of halogens is 1. The fourth-order valence-corrected chi connectivity index (χ4v) is 4.15. The number of amides is 1. The summed E-state index contributed by atoms with van der Waals surface area (Å²) < 4.78 is 16.3. The Morgan fingerprint density at radius 3 is 2.62 bits per heavy atom. The summed E-state index contributed by atoms with van der Waals surface area (Å²) in [5.74, 6) is 0.749. The van der Waals surface area contributed by atoms with Crippen LogP contribution in [0.15, 0.2) is 50.8 Å². The lowest BCUT2D eigenvalue weighted by Crippen LogP contribution is -2.23. The zero-order chi connectivity index (χ0) is 20.5. The molecule has 7 nitrogen and oxygen atoms in total. The van der Waals surface area contributed by atoms with Gasteiger partial charge in [-0.3, -0.25) is 9.69 Å². The number of fused-ring (bicyclic) bond motifs is 1. The second-order valence-electron chi connectivity index (χ2n) is 6.13. The number of benzene rings is 2. The molecule has 2 aliphatic rings. The number of hydrogen-bond donors (Lipinski definition) is 0. The highest BCUT2D eigenvalue weighted by Crippen LogP contribution is 2.40. The highest BCUT2D eigenvalue weighted by atomic mass is 79.9. The van der Waals surface area contributed by atoms with Gasteiger partial charge in [-0.25, -0.2) is 9.79 Å². The number of rotatable bonds is 3. The molecule has 0 bridgehead atoms. The zero-order valence-corrected chi connectivity index (χ0v) is 17.9. The van der Waals surface area contributed by atoms with E-state index in [1.54, 1.807) is 37.4 Å². The molecule has 1 fully saturated rings. The summed E-state index contributed by atoms with van der Waals surface area (Å²) in [7, 11) is 3.01.